The van der Waals surface area contributed by atoms with E-state index in [9.17, 15) is 0 Å². The van der Waals surface area contributed by atoms with Crippen LogP contribution in [0.15, 0.2) is 4.99 Å². The van der Waals surface area contributed by atoms with Crippen LogP contribution in [0, 0.1) is 5.92 Å². The zero-order chi connectivity index (χ0) is 19.9. The van der Waals surface area contributed by atoms with Crippen LogP contribution in [0.3, 0.4) is 0 Å². The van der Waals surface area contributed by atoms with E-state index in [-0.39, 0.29) is 0 Å². The van der Waals surface area contributed by atoms with E-state index in [1.807, 2.05) is 7.05 Å². The molecular weight excluding hydrogens is 372 g/mol. The average molecular weight is 409 g/mol. The van der Waals surface area contributed by atoms with Gasteiger partial charge in [0.15, 0.2) is 5.96 Å². The largest absolute Gasteiger partial charge is 0.356 e. The number of aromatic nitrogens is 2. The van der Waals surface area contributed by atoms with Crippen molar-refractivity contribution in [3.63, 3.8) is 0 Å². The van der Waals surface area contributed by atoms with Crippen molar-refractivity contribution in [3.05, 3.63) is 5.82 Å². The summed E-state index contributed by atoms with van der Waals surface area (Å²) in [7, 11) is 4.10. The Balaban J connectivity index is 1.40. The molecule has 0 aromatic carbocycles. The van der Waals surface area contributed by atoms with E-state index >= 15 is 0 Å². The van der Waals surface area contributed by atoms with Crippen LogP contribution in [0.4, 0.5) is 5.13 Å². The number of aryl methyl sites for hydroxylation is 1. The highest BCUT2D eigenvalue weighted by molar-refractivity contribution is 7.09. The van der Waals surface area contributed by atoms with E-state index in [0.717, 1.165) is 62.6 Å². The molecule has 0 amide bonds. The molecule has 1 aromatic rings. The van der Waals surface area contributed by atoms with Gasteiger partial charge in [-0.15, -0.1) is 0 Å². The minimum Gasteiger partial charge on any atom is -0.356 e. The van der Waals surface area contributed by atoms with E-state index in [1.165, 1.54) is 37.7 Å². The Labute approximate surface area is 173 Å². The monoisotopic (exact) mass is 408 g/mol. The van der Waals surface area contributed by atoms with Crippen molar-refractivity contribution < 1.29 is 0 Å². The number of nitrogens with one attached hydrogen (secondary N) is 1. The number of rotatable bonds is 6. The van der Waals surface area contributed by atoms with E-state index in [1.54, 1.807) is 0 Å². The Morgan fingerprint density at radius 1 is 1.14 bits per heavy atom. The smallest absolute Gasteiger partial charge is 0.205 e. The Kier molecular flexibility index (Phi) is 7.87. The van der Waals surface area contributed by atoms with Crippen LogP contribution in [-0.2, 0) is 6.42 Å². The van der Waals surface area contributed by atoms with Crippen molar-refractivity contribution in [2.24, 2.45) is 10.9 Å². The maximum absolute atomic E-state index is 4.62. The summed E-state index contributed by atoms with van der Waals surface area (Å²) in [6, 6.07) is 0. The minimum atomic E-state index is 0.607. The molecule has 28 heavy (non-hydrogen) atoms. The standard InChI is InChI=1S/C19H36N8S/c1-5-17-22-19(28-23-17)27-12-10-26(11-13-27)18(20-3)21-14-16(2)15-25-8-6-24(4)7-9-25/h16H,5-15H2,1-4H3,(H,20,21). The molecule has 0 bridgehead atoms. The first kappa shape index (κ1) is 21.3. The summed E-state index contributed by atoms with van der Waals surface area (Å²) in [5, 5.41) is 4.66. The van der Waals surface area contributed by atoms with Crippen LogP contribution in [0.25, 0.3) is 0 Å². The van der Waals surface area contributed by atoms with Crippen molar-refractivity contribution in [2.75, 3.05) is 84.4 Å². The van der Waals surface area contributed by atoms with E-state index in [2.05, 4.69) is 60.2 Å². The Morgan fingerprint density at radius 3 is 2.46 bits per heavy atom. The van der Waals surface area contributed by atoms with E-state index < -0.39 is 0 Å². The number of hydrogen-bond acceptors (Lipinski definition) is 7. The zero-order valence-electron chi connectivity index (χ0n) is 17.9. The maximum atomic E-state index is 4.62. The third kappa shape index (κ3) is 5.78. The first-order chi connectivity index (χ1) is 13.6. The Bertz CT molecular complexity index is 617. The predicted octanol–water partition coefficient (Wildman–Crippen LogP) is 0.681. The van der Waals surface area contributed by atoms with Crippen LogP contribution in [0.5, 0.6) is 0 Å². The van der Waals surface area contributed by atoms with Gasteiger partial charge >= 0.3 is 0 Å². The second kappa shape index (κ2) is 10.4. The highest BCUT2D eigenvalue weighted by atomic mass is 32.1. The molecule has 2 aliphatic heterocycles. The number of nitrogens with zero attached hydrogens (tertiary/aromatic N) is 7. The van der Waals surface area contributed by atoms with E-state index in [0.29, 0.717) is 5.92 Å². The summed E-state index contributed by atoms with van der Waals surface area (Å²) in [4.78, 5) is 18.8. The summed E-state index contributed by atoms with van der Waals surface area (Å²) in [6.45, 7) is 15.2. The molecule has 8 nitrogen and oxygen atoms in total. The third-order valence-corrected chi connectivity index (χ3v) is 6.42. The molecular formula is C19H36N8S. The van der Waals surface area contributed by atoms with Gasteiger partial charge in [-0.1, -0.05) is 13.8 Å². The van der Waals surface area contributed by atoms with Crippen LogP contribution in [0.2, 0.25) is 0 Å². The molecule has 0 aliphatic carbocycles. The molecule has 1 atom stereocenters. The van der Waals surface area contributed by atoms with Crippen LogP contribution in [0.1, 0.15) is 19.7 Å². The van der Waals surface area contributed by atoms with Gasteiger partial charge in [-0.2, -0.15) is 4.37 Å². The van der Waals surface area contributed by atoms with Crippen LogP contribution >= 0.6 is 11.5 Å². The van der Waals surface area contributed by atoms with Crippen molar-refractivity contribution in [1.82, 2.24) is 29.4 Å². The van der Waals surface area contributed by atoms with Crippen molar-refractivity contribution in [1.29, 1.82) is 0 Å². The van der Waals surface area contributed by atoms with E-state index in [4.69, 9.17) is 0 Å². The summed E-state index contributed by atoms with van der Waals surface area (Å²) >= 11 is 1.52. The van der Waals surface area contributed by atoms with Crippen molar-refractivity contribution in [3.8, 4) is 0 Å². The lowest BCUT2D eigenvalue weighted by atomic mass is 10.1. The molecule has 3 rings (SSSR count). The fraction of sp³-hybridized carbons (Fsp3) is 0.842. The fourth-order valence-corrected chi connectivity index (χ4v) is 4.56. The topological polar surface area (TPSA) is 63.1 Å². The molecule has 1 N–H and O–H groups in total. The predicted molar refractivity (Wildman–Crippen MR) is 118 cm³/mol. The van der Waals surface area contributed by atoms with Crippen LogP contribution in [-0.4, -0.2) is 110 Å². The number of hydrogen-bond donors (Lipinski definition) is 1. The Morgan fingerprint density at radius 2 is 1.86 bits per heavy atom. The van der Waals surface area contributed by atoms with Gasteiger partial charge in [0.25, 0.3) is 0 Å². The number of anilines is 1. The number of piperazine rings is 2. The van der Waals surface area contributed by atoms with Gasteiger partial charge < -0.3 is 24.9 Å². The SMILES string of the molecule is CCc1nsc(N2CCN(C(=NC)NCC(C)CN3CCN(C)CC3)CC2)n1. The van der Waals surface area contributed by atoms with Crippen LogP contribution < -0.4 is 10.2 Å². The molecule has 2 aliphatic rings. The van der Waals surface area contributed by atoms with Gasteiger partial charge in [0.2, 0.25) is 5.13 Å². The van der Waals surface area contributed by atoms with Gasteiger partial charge in [-0.3, -0.25) is 4.99 Å². The molecule has 2 saturated heterocycles. The molecule has 0 radical (unpaired) electrons. The molecule has 2 fully saturated rings. The number of likely N-dealkylation sites (N-methyl/N-ethyl adjacent to an activating group) is 1. The quantitative estimate of drug-likeness (QED) is 0.549. The molecule has 1 unspecified atom stereocenters. The fourth-order valence-electron chi connectivity index (χ4n) is 3.76. The Hall–Kier alpha value is -1.45. The second-order valence-corrected chi connectivity index (χ2v) is 8.69. The van der Waals surface area contributed by atoms with Gasteiger partial charge in [0.05, 0.1) is 0 Å². The first-order valence-electron chi connectivity index (χ1n) is 10.5. The normalized spacial score (nSPS) is 21.2. The van der Waals surface area contributed by atoms with Gasteiger partial charge in [-0.25, -0.2) is 4.98 Å². The minimum absolute atomic E-state index is 0.607. The first-order valence-corrected chi connectivity index (χ1v) is 11.3. The van der Waals surface area contributed by atoms with Gasteiger partial charge in [-0.05, 0) is 13.0 Å². The zero-order valence-corrected chi connectivity index (χ0v) is 18.7. The lowest BCUT2D eigenvalue weighted by molar-refractivity contribution is 0.139. The summed E-state index contributed by atoms with van der Waals surface area (Å²) < 4.78 is 4.41. The molecule has 3 heterocycles. The highest BCUT2D eigenvalue weighted by Gasteiger charge is 2.22. The molecule has 0 saturated carbocycles. The molecule has 1 aromatic heterocycles. The maximum Gasteiger partial charge on any atom is 0.205 e. The second-order valence-electron chi connectivity index (χ2n) is 7.96. The molecule has 9 heteroatoms. The molecule has 0 spiro atoms. The summed E-state index contributed by atoms with van der Waals surface area (Å²) in [5.41, 5.74) is 0. The number of aliphatic imine (C=N–C) groups is 1. The third-order valence-electron chi connectivity index (χ3n) is 5.61. The van der Waals surface area contributed by atoms with Gasteiger partial charge in [0, 0.05) is 90.4 Å². The highest BCUT2D eigenvalue weighted by Crippen LogP contribution is 2.19. The number of guanidine groups is 1. The van der Waals surface area contributed by atoms with Crippen molar-refractivity contribution >= 4 is 22.6 Å². The average Bonchev–Trinajstić information content (AvgIpc) is 3.20. The van der Waals surface area contributed by atoms with Crippen molar-refractivity contribution in [2.45, 2.75) is 20.3 Å². The van der Waals surface area contributed by atoms with Gasteiger partial charge in [0.1, 0.15) is 5.82 Å². The lowest BCUT2D eigenvalue weighted by Crippen LogP contribution is -2.53. The molecule has 158 valence electrons. The summed E-state index contributed by atoms with van der Waals surface area (Å²) in [6.07, 6.45) is 0.902. The lowest BCUT2D eigenvalue weighted by Gasteiger charge is -2.37. The summed E-state index contributed by atoms with van der Waals surface area (Å²) in [5.74, 6) is 2.58.